The molecule has 2 aliphatic rings. The van der Waals surface area contributed by atoms with Gasteiger partial charge in [0.2, 0.25) is 17.7 Å². The Labute approximate surface area is 265 Å². The molecule has 0 spiro atoms. The Balaban J connectivity index is 1.52. The summed E-state index contributed by atoms with van der Waals surface area (Å²) in [7, 11) is 2.00. The molecule has 3 atom stereocenters. The number of nitrogens with one attached hydrogen (secondary N) is 3. The average molecular weight is 626 g/mol. The van der Waals surface area contributed by atoms with E-state index in [-0.39, 0.29) is 29.8 Å². The number of amides is 4. The first-order chi connectivity index (χ1) is 21.5. The van der Waals surface area contributed by atoms with Crippen LogP contribution in [-0.2, 0) is 20.9 Å². The second kappa shape index (κ2) is 15.5. The summed E-state index contributed by atoms with van der Waals surface area (Å²) in [4.78, 5) is 56.7. The summed E-state index contributed by atoms with van der Waals surface area (Å²) >= 11 is 0. The minimum Gasteiger partial charge on any atom is -0.344 e. The number of carbonyl (C=O) groups is 4. The number of aryl methyl sites for hydroxylation is 1. The summed E-state index contributed by atoms with van der Waals surface area (Å²) in [6.07, 6.45) is 5.21. The van der Waals surface area contributed by atoms with Crippen LogP contribution in [0.2, 0.25) is 0 Å². The van der Waals surface area contributed by atoms with Crippen molar-refractivity contribution in [1.29, 1.82) is 0 Å². The van der Waals surface area contributed by atoms with E-state index in [2.05, 4.69) is 32.9 Å². The lowest BCUT2D eigenvalue weighted by Gasteiger charge is -2.36. The van der Waals surface area contributed by atoms with Crippen molar-refractivity contribution in [3.05, 3.63) is 47.5 Å². The van der Waals surface area contributed by atoms with Gasteiger partial charge in [0, 0.05) is 51.3 Å². The number of nitrogens with zero attached hydrogens (tertiary/aromatic N) is 4. The number of benzene rings is 1. The highest BCUT2D eigenvalue weighted by Crippen LogP contribution is 2.32. The van der Waals surface area contributed by atoms with E-state index in [1.54, 1.807) is 41.8 Å². The van der Waals surface area contributed by atoms with Crippen LogP contribution in [0.1, 0.15) is 81.8 Å². The standard InChI is InChI=1S/C33H48FN7O4/c1-6-28(42)37-29(33(45)40-18-16-39(5)17-19-40)22(4)24-12-13-26(25(34)20-24)36-32(44)30(23-10-8-21(3)9-11-23)38-31(43)27-14-15-35-41(27)7-2/h12-15,20-23,29-30H,6-11,16-19H2,1-5H3,(H,36,44)(H,37,42)(H,38,43)/t21?,22-,23?,29+,30-/m0/s1. The molecule has 4 rings (SSSR count). The summed E-state index contributed by atoms with van der Waals surface area (Å²) in [5.41, 5.74) is 0.866. The van der Waals surface area contributed by atoms with Gasteiger partial charge in [-0.25, -0.2) is 4.39 Å². The van der Waals surface area contributed by atoms with Gasteiger partial charge in [-0.3, -0.25) is 23.9 Å². The van der Waals surface area contributed by atoms with Gasteiger partial charge in [-0.2, -0.15) is 5.10 Å². The largest absolute Gasteiger partial charge is 0.344 e. The molecular formula is C33H48FN7O4. The monoisotopic (exact) mass is 625 g/mol. The molecule has 3 N–H and O–H groups in total. The van der Waals surface area contributed by atoms with Crippen LogP contribution in [0.5, 0.6) is 0 Å². The number of carbonyl (C=O) groups excluding carboxylic acids is 4. The third-order valence-electron chi connectivity index (χ3n) is 9.35. The van der Waals surface area contributed by atoms with E-state index < -0.39 is 35.6 Å². The van der Waals surface area contributed by atoms with Crippen LogP contribution in [0.3, 0.4) is 0 Å². The topological polar surface area (TPSA) is 129 Å². The van der Waals surface area contributed by atoms with Crippen molar-refractivity contribution in [2.75, 3.05) is 38.5 Å². The van der Waals surface area contributed by atoms with Crippen LogP contribution in [0, 0.1) is 17.7 Å². The van der Waals surface area contributed by atoms with Gasteiger partial charge < -0.3 is 25.8 Å². The van der Waals surface area contributed by atoms with Gasteiger partial charge in [0.05, 0.1) is 5.69 Å². The number of hydrogen-bond acceptors (Lipinski definition) is 6. The van der Waals surface area contributed by atoms with Crippen molar-refractivity contribution in [2.24, 2.45) is 11.8 Å². The van der Waals surface area contributed by atoms with Crippen LogP contribution in [-0.4, -0.2) is 88.5 Å². The van der Waals surface area contributed by atoms with Crippen molar-refractivity contribution in [1.82, 2.24) is 30.2 Å². The predicted molar refractivity (Wildman–Crippen MR) is 170 cm³/mol. The normalized spacial score (nSPS) is 21.0. The van der Waals surface area contributed by atoms with E-state index in [4.69, 9.17) is 0 Å². The van der Waals surface area contributed by atoms with E-state index >= 15 is 4.39 Å². The maximum Gasteiger partial charge on any atom is 0.270 e. The molecule has 1 aliphatic heterocycles. The minimum atomic E-state index is -0.856. The second-order valence-corrected chi connectivity index (χ2v) is 12.5. The van der Waals surface area contributed by atoms with Gasteiger partial charge in [-0.15, -0.1) is 0 Å². The number of piperazine rings is 1. The van der Waals surface area contributed by atoms with E-state index in [1.165, 1.54) is 12.1 Å². The van der Waals surface area contributed by atoms with Crippen LogP contribution < -0.4 is 16.0 Å². The van der Waals surface area contributed by atoms with E-state index in [9.17, 15) is 19.2 Å². The van der Waals surface area contributed by atoms with Crippen LogP contribution in [0.15, 0.2) is 30.5 Å². The summed E-state index contributed by atoms with van der Waals surface area (Å²) in [6.45, 7) is 10.7. The Hall–Kier alpha value is -3.80. The maximum absolute atomic E-state index is 15.6. The SMILES string of the molecule is CCC(=O)N[C@@H](C(=O)N1CCN(C)CC1)[C@@H](C)c1ccc(NC(=O)[C@@H](NC(=O)c2ccnn2CC)C2CCC(C)CC2)c(F)c1. The molecule has 246 valence electrons. The number of anilines is 1. The minimum absolute atomic E-state index is 0.0162. The highest BCUT2D eigenvalue weighted by atomic mass is 19.1. The quantitative estimate of drug-likeness (QED) is 0.351. The zero-order valence-corrected chi connectivity index (χ0v) is 27.1. The molecule has 0 bridgehead atoms. The number of aromatic nitrogens is 2. The molecule has 2 heterocycles. The lowest BCUT2D eigenvalue weighted by molar-refractivity contribution is -0.138. The third-order valence-corrected chi connectivity index (χ3v) is 9.35. The van der Waals surface area contributed by atoms with Gasteiger partial charge in [-0.05, 0) is 62.4 Å². The Morgan fingerprint density at radius 3 is 2.31 bits per heavy atom. The smallest absolute Gasteiger partial charge is 0.270 e. The summed E-state index contributed by atoms with van der Waals surface area (Å²) in [5, 5.41) is 12.6. The first-order valence-corrected chi connectivity index (χ1v) is 16.2. The van der Waals surface area contributed by atoms with Gasteiger partial charge in [0.25, 0.3) is 5.91 Å². The predicted octanol–water partition coefficient (Wildman–Crippen LogP) is 3.38. The average Bonchev–Trinajstić information content (AvgIpc) is 3.53. The summed E-state index contributed by atoms with van der Waals surface area (Å²) in [5.74, 6) is -2.06. The molecule has 12 heteroatoms. The number of halogens is 1. The summed E-state index contributed by atoms with van der Waals surface area (Å²) < 4.78 is 17.2. The number of likely N-dealkylation sites (N-methyl/N-ethyl adjacent to an activating group) is 1. The van der Waals surface area contributed by atoms with Crippen molar-refractivity contribution < 1.29 is 23.6 Å². The van der Waals surface area contributed by atoms with Gasteiger partial charge >= 0.3 is 0 Å². The van der Waals surface area contributed by atoms with Crippen LogP contribution in [0.25, 0.3) is 0 Å². The van der Waals surface area contributed by atoms with Gasteiger partial charge in [0.1, 0.15) is 23.6 Å². The highest BCUT2D eigenvalue weighted by molar-refractivity contribution is 6.00. The fourth-order valence-electron chi connectivity index (χ4n) is 6.23. The molecule has 2 fully saturated rings. The van der Waals surface area contributed by atoms with Crippen molar-refractivity contribution in [3.8, 4) is 0 Å². The fraction of sp³-hybridized carbons (Fsp3) is 0.606. The zero-order chi connectivity index (χ0) is 32.7. The second-order valence-electron chi connectivity index (χ2n) is 12.5. The third kappa shape index (κ3) is 8.47. The molecule has 1 aromatic carbocycles. The maximum atomic E-state index is 15.6. The molecule has 2 aromatic rings. The van der Waals surface area contributed by atoms with Crippen LogP contribution >= 0.6 is 0 Å². The van der Waals surface area contributed by atoms with E-state index in [0.717, 1.165) is 38.8 Å². The molecule has 1 saturated carbocycles. The molecule has 0 radical (unpaired) electrons. The number of hydrogen-bond donors (Lipinski definition) is 3. The zero-order valence-electron chi connectivity index (χ0n) is 27.1. The van der Waals surface area contributed by atoms with E-state index in [1.807, 2.05) is 14.0 Å². The van der Waals surface area contributed by atoms with Crippen molar-refractivity contribution >= 4 is 29.3 Å². The van der Waals surface area contributed by atoms with Crippen molar-refractivity contribution in [2.45, 2.75) is 84.3 Å². The van der Waals surface area contributed by atoms with Gasteiger partial charge in [0.15, 0.2) is 0 Å². The molecular weight excluding hydrogens is 577 g/mol. The van der Waals surface area contributed by atoms with Crippen molar-refractivity contribution in [3.63, 3.8) is 0 Å². The lowest BCUT2D eigenvalue weighted by Crippen LogP contribution is -2.55. The first-order valence-electron chi connectivity index (χ1n) is 16.2. The Bertz CT molecular complexity index is 1350. The molecule has 45 heavy (non-hydrogen) atoms. The number of rotatable bonds is 11. The Morgan fingerprint density at radius 1 is 1.00 bits per heavy atom. The van der Waals surface area contributed by atoms with Gasteiger partial charge in [-0.1, -0.05) is 39.7 Å². The molecule has 11 nitrogen and oxygen atoms in total. The molecule has 1 aliphatic carbocycles. The highest BCUT2D eigenvalue weighted by Gasteiger charge is 2.35. The molecule has 0 unspecified atom stereocenters. The lowest BCUT2D eigenvalue weighted by atomic mass is 9.79. The summed E-state index contributed by atoms with van der Waals surface area (Å²) in [6, 6.07) is 4.36. The molecule has 1 aromatic heterocycles. The Morgan fingerprint density at radius 2 is 1.69 bits per heavy atom. The Kier molecular flexibility index (Phi) is 11.7. The fourth-order valence-corrected chi connectivity index (χ4v) is 6.23. The van der Waals surface area contributed by atoms with Crippen LogP contribution in [0.4, 0.5) is 10.1 Å². The molecule has 1 saturated heterocycles. The molecule has 4 amide bonds. The van der Waals surface area contributed by atoms with E-state index in [0.29, 0.717) is 36.8 Å². The first kappa shape index (κ1) is 34.1.